The van der Waals surface area contributed by atoms with Crippen molar-refractivity contribution in [2.24, 2.45) is 0 Å². The third-order valence-electron chi connectivity index (χ3n) is 4.63. The van der Waals surface area contributed by atoms with Crippen LogP contribution < -0.4 is 9.64 Å². The highest BCUT2D eigenvalue weighted by atomic mass is 16.5. The molecule has 0 bridgehead atoms. The van der Waals surface area contributed by atoms with Crippen LogP contribution in [0.1, 0.15) is 23.2 Å². The van der Waals surface area contributed by atoms with Crippen molar-refractivity contribution < 1.29 is 9.84 Å². The molecule has 0 aliphatic carbocycles. The zero-order valence-electron chi connectivity index (χ0n) is 15.0. The number of aliphatic hydroxyl groups excluding tert-OH is 1. The number of anilines is 1. The van der Waals surface area contributed by atoms with E-state index in [1.54, 1.807) is 24.4 Å². The third kappa shape index (κ3) is 2.98. The van der Waals surface area contributed by atoms with Crippen LogP contribution in [-0.2, 0) is 13.1 Å². The number of hydrogen-bond acceptors (Lipinski definition) is 7. The van der Waals surface area contributed by atoms with Crippen LogP contribution in [0.2, 0.25) is 0 Å². The van der Waals surface area contributed by atoms with Crippen LogP contribution >= 0.6 is 0 Å². The fourth-order valence-electron chi connectivity index (χ4n) is 3.25. The average Bonchev–Trinajstić information content (AvgIpc) is 3.26. The van der Waals surface area contributed by atoms with Gasteiger partial charge < -0.3 is 14.7 Å². The Bertz CT molecular complexity index is 1040. The molecule has 0 aromatic carbocycles. The molecule has 1 unspecified atom stereocenters. The second kappa shape index (κ2) is 6.70. The minimum absolute atomic E-state index is 0.170. The molecule has 0 amide bonds. The van der Waals surface area contributed by atoms with Crippen molar-refractivity contribution in [1.29, 1.82) is 5.26 Å². The van der Waals surface area contributed by atoms with Gasteiger partial charge in [0.15, 0.2) is 6.23 Å². The lowest BCUT2D eigenvalue weighted by Gasteiger charge is -2.20. The molecular formula is C19H18N6O2. The number of nitrogens with zero attached hydrogens (tertiary/aromatic N) is 6. The fourth-order valence-corrected chi connectivity index (χ4v) is 3.25. The molecule has 3 aromatic heterocycles. The first-order chi connectivity index (χ1) is 13.1. The van der Waals surface area contributed by atoms with Crippen LogP contribution in [0.25, 0.3) is 11.3 Å². The predicted octanol–water partition coefficient (Wildman–Crippen LogP) is 2.19. The largest absolute Gasteiger partial charge is 0.481 e. The second-order valence-electron chi connectivity index (χ2n) is 6.27. The summed E-state index contributed by atoms with van der Waals surface area (Å²) < 4.78 is 6.70. The summed E-state index contributed by atoms with van der Waals surface area (Å²) in [6.07, 6.45) is 2.60. The minimum atomic E-state index is -0.795. The van der Waals surface area contributed by atoms with Gasteiger partial charge in [0.2, 0.25) is 5.88 Å². The van der Waals surface area contributed by atoms with Gasteiger partial charge in [-0.25, -0.2) is 4.98 Å². The molecule has 1 N–H and O–H groups in total. The summed E-state index contributed by atoms with van der Waals surface area (Å²) in [6, 6.07) is 9.58. The summed E-state index contributed by atoms with van der Waals surface area (Å²) in [6.45, 7) is 2.55. The highest BCUT2D eigenvalue weighted by Crippen LogP contribution is 2.36. The van der Waals surface area contributed by atoms with Crippen LogP contribution in [0.5, 0.6) is 5.88 Å². The zero-order chi connectivity index (χ0) is 19.0. The van der Waals surface area contributed by atoms with Crippen molar-refractivity contribution >= 4 is 5.69 Å². The van der Waals surface area contributed by atoms with Crippen LogP contribution in [0.15, 0.2) is 36.7 Å². The smallest absolute Gasteiger partial charge is 0.213 e. The summed E-state index contributed by atoms with van der Waals surface area (Å²) in [5.41, 5.74) is 4.88. The Balaban J connectivity index is 1.64. The number of hydrogen-bond donors (Lipinski definition) is 1. The summed E-state index contributed by atoms with van der Waals surface area (Å²) in [5, 5.41) is 23.6. The van der Waals surface area contributed by atoms with Crippen molar-refractivity contribution in [1.82, 2.24) is 19.7 Å². The molecule has 1 atom stereocenters. The monoisotopic (exact) mass is 362 g/mol. The van der Waals surface area contributed by atoms with E-state index in [2.05, 4.69) is 10.1 Å². The van der Waals surface area contributed by atoms with Gasteiger partial charge in [0.05, 0.1) is 48.7 Å². The van der Waals surface area contributed by atoms with E-state index in [9.17, 15) is 5.11 Å². The topological polar surface area (TPSA) is 100 Å². The SMILES string of the molecule is COc1ccc(-c2ccc3c(n2)CN(c2cnn(CC#N)c2)C3O)c(C)n1. The number of ether oxygens (including phenoxy) is 1. The number of aliphatic hydroxyl groups is 1. The Morgan fingerprint density at radius 2 is 2.15 bits per heavy atom. The van der Waals surface area contributed by atoms with Gasteiger partial charge in [0.1, 0.15) is 6.54 Å². The van der Waals surface area contributed by atoms with Gasteiger partial charge in [-0.2, -0.15) is 10.4 Å². The lowest BCUT2D eigenvalue weighted by atomic mass is 10.1. The normalized spacial score (nSPS) is 15.5. The number of nitriles is 1. The van der Waals surface area contributed by atoms with Gasteiger partial charge in [0, 0.05) is 23.4 Å². The first-order valence-electron chi connectivity index (χ1n) is 8.46. The van der Waals surface area contributed by atoms with Gasteiger partial charge in [-0.1, -0.05) is 6.07 Å². The van der Waals surface area contributed by atoms with Crippen LogP contribution in [0.4, 0.5) is 5.69 Å². The minimum Gasteiger partial charge on any atom is -0.481 e. The predicted molar refractivity (Wildman–Crippen MR) is 97.7 cm³/mol. The first-order valence-corrected chi connectivity index (χ1v) is 8.46. The second-order valence-corrected chi connectivity index (χ2v) is 6.27. The Morgan fingerprint density at radius 3 is 2.89 bits per heavy atom. The number of pyridine rings is 2. The molecule has 0 saturated carbocycles. The standard InChI is InChI=1S/C19H18N6O2/c1-12-14(4-6-18(22-12)27-2)16-5-3-15-17(23-16)11-25(19(15)26)13-9-21-24(10-13)8-7-20/h3-6,9-10,19,26H,8,11H2,1-2H3. The van der Waals surface area contributed by atoms with E-state index in [1.165, 1.54) is 4.68 Å². The number of aromatic nitrogens is 4. The van der Waals surface area contributed by atoms with E-state index in [-0.39, 0.29) is 6.54 Å². The molecule has 8 heteroatoms. The molecule has 1 aliphatic rings. The Hall–Kier alpha value is -3.44. The summed E-state index contributed by atoms with van der Waals surface area (Å²) >= 11 is 0. The third-order valence-corrected chi connectivity index (χ3v) is 4.63. The first kappa shape index (κ1) is 17.0. The van der Waals surface area contributed by atoms with Gasteiger partial charge in [-0.05, 0) is 19.1 Å². The van der Waals surface area contributed by atoms with E-state index < -0.39 is 6.23 Å². The zero-order valence-corrected chi connectivity index (χ0v) is 15.0. The molecule has 27 heavy (non-hydrogen) atoms. The molecular weight excluding hydrogens is 344 g/mol. The molecule has 4 rings (SSSR count). The molecule has 4 heterocycles. The summed E-state index contributed by atoms with van der Waals surface area (Å²) in [7, 11) is 1.59. The van der Waals surface area contributed by atoms with Crippen LogP contribution in [0.3, 0.4) is 0 Å². The number of aryl methyl sites for hydroxylation is 1. The Kier molecular flexibility index (Phi) is 4.22. The number of methoxy groups -OCH3 is 1. The quantitative estimate of drug-likeness (QED) is 0.759. The van der Waals surface area contributed by atoms with E-state index in [0.29, 0.717) is 12.4 Å². The molecule has 0 saturated heterocycles. The van der Waals surface area contributed by atoms with Crippen molar-refractivity contribution in [2.75, 3.05) is 12.0 Å². The fraction of sp³-hybridized carbons (Fsp3) is 0.263. The van der Waals surface area contributed by atoms with Gasteiger partial charge in [-0.15, -0.1) is 0 Å². The molecule has 0 radical (unpaired) electrons. The van der Waals surface area contributed by atoms with Gasteiger partial charge >= 0.3 is 0 Å². The van der Waals surface area contributed by atoms with Gasteiger partial charge in [-0.3, -0.25) is 9.67 Å². The Labute approximate surface area is 156 Å². The van der Waals surface area contributed by atoms with E-state index in [4.69, 9.17) is 15.0 Å². The van der Waals surface area contributed by atoms with Crippen molar-refractivity contribution in [3.05, 3.63) is 53.6 Å². The number of rotatable bonds is 4. The maximum Gasteiger partial charge on any atom is 0.213 e. The molecule has 0 fully saturated rings. The highest BCUT2D eigenvalue weighted by molar-refractivity contribution is 5.64. The highest BCUT2D eigenvalue weighted by Gasteiger charge is 2.31. The van der Waals surface area contributed by atoms with Crippen molar-refractivity contribution in [3.63, 3.8) is 0 Å². The molecule has 3 aromatic rings. The van der Waals surface area contributed by atoms with Gasteiger partial charge in [0.25, 0.3) is 0 Å². The van der Waals surface area contributed by atoms with E-state index >= 15 is 0 Å². The molecule has 8 nitrogen and oxygen atoms in total. The average molecular weight is 362 g/mol. The molecule has 0 spiro atoms. The maximum absolute atomic E-state index is 10.7. The van der Waals surface area contributed by atoms with Crippen LogP contribution in [-0.4, -0.2) is 32.0 Å². The lowest BCUT2D eigenvalue weighted by Crippen LogP contribution is -2.20. The van der Waals surface area contributed by atoms with Crippen LogP contribution in [0, 0.1) is 18.3 Å². The summed E-state index contributed by atoms with van der Waals surface area (Å²) in [4.78, 5) is 11.0. The Morgan fingerprint density at radius 1 is 1.30 bits per heavy atom. The molecule has 1 aliphatic heterocycles. The van der Waals surface area contributed by atoms with Crippen molar-refractivity contribution in [3.8, 4) is 23.2 Å². The van der Waals surface area contributed by atoms with E-state index in [0.717, 1.165) is 33.9 Å². The lowest BCUT2D eigenvalue weighted by molar-refractivity contribution is 0.181. The summed E-state index contributed by atoms with van der Waals surface area (Å²) in [5.74, 6) is 0.563. The van der Waals surface area contributed by atoms with Crippen molar-refractivity contribution in [2.45, 2.75) is 26.2 Å². The molecule has 136 valence electrons. The number of fused-ring (bicyclic) bond motifs is 1. The maximum atomic E-state index is 10.7. The van der Waals surface area contributed by atoms with E-state index in [1.807, 2.05) is 37.3 Å².